The zero-order valence-electron chi connectivity index (χ0n) is 17.0. The number of hydrogen-bond acceptors (Lipinski definition) is 7. The lowest BCUT2D eigenvalue weighted by atomic mass is 9.94. The highest BCUT2D eigenvalue weighted by Crippen LogP contribution is 2.31. The van der Waals surface area contributed by atoms with Crippen molar-refractivity contribution in [2.75, 3.05) is 25.4 Å². The van der Waals surface area contributed by atoms with Crippen LogP contribution in [0.25, 0.3) is 0 Å². The molecule has 6 nitrogen and oxygen atoms in total. The standard InChI is InChI=1S/C23H25N3O3S/c1-15-18(3-4-19-20(15)13-29-23(19)28)21(27)12-26-8-6-16(7-9-26)14-30-22-5-2-17(10-24)11-25-22/h2-5,11,16,21,27H,6-9,12-14H2,1H3/t21-/m1/s1. The molecule has 4 rings (SSSR count). The van der Waals surface area contributed by atoms with E-state index in [1.165, 1.54) is 0 Å². The number of aromatic nitrogens is 1. The van der Waals surface area contributed by atoms with Crippen LogP contribution in [-0.4, -0.2) is 46.3 Å². The fraction of sp³-hybridized carbons (Fsp3) is 0.435. The van der Waals surface area contributed by atoms with E-state index in [0.29, 0.717) is 30.2 Å². The van der Waals surface area contributed by atoms with Crippen molar-refractivity contribution in [1.82, 2.24) is 9.88 Å². The number of ether oxygens (including phenoxy) is 1. The van der Waals surface area contributed by atoms with Gasteiger partial charge in [0.1, 0.15) is 12.7 Å². The fourth-order valence-electron chi connectivity index (χ4n) is 4.14. The minimum Gasteiger partial charge on any atom is -0.457 e. The van der Waals surface area contributed by atoms with Gasteiger partial charge in [-0.3, -0.25) is 0 Å². The first kappa shape index (κ1) is 20.9. The summed E-state index contributed by atoms with van der Waals surface area (Å²) in [6.45, 7) is 4.80. The maximum Gasteiger partial charge on any atom is 0.338 e. The van der Waals surface area contributed by atoms with Crippen LogP contribution in [0.3, 0.4) is 0 Å². The lowest BCUT2D eigenvalue weighted by Gasteiger charge is -2.33. The van der Waals surface area contributed by atoms with Crippen LogP contribution in [0.15, 0.2) is 35.5 Å². The van der Waals surface area contributed by atoms with E-state index in [9.17, 15) is 9.90 Å². The zero-order valence-corrected chi connectivity index (χ0v) is 17.8. The summed E-state index contributed by atoms with van der Waals surface area (Å²) in [7, 11) is 0. The number of likely N-dealkylation sites (tertiary alicyclic amines) is 1. The number of pyridine rings is 1. The van der Waals surface area contributed by atoms with Crippen LogP contribution in [0.1, 0.15) is 51.6 Å². The second-order valence-electron chi connectivity index (χ2n) is 7.95. The highest BCUT2D eigenvalue weighted by Gasteiger charge is 2.27. The molecule has 0 unspecified atom stereocenters. The maximum atomic E-state index is 11.7. The van der Waals surface area contributed by atoms with Crippen molar-refractivity contribution < 1.29 is 14.6 Å². The highest BCUT2D eigenvalue weighted by atomic mass is 32.2. The Balaban J connectivity index is 1.26. The van der Waals surface area contributed by atoms with Gasteiger partial charge in [0.15, 0.2) is 0 Å². The molecule has 7 heteroatoms. The number of cyclic esters (lactones) is 1. The Labute approximate surface area is 180 Å². The lowest BCUT2D eigenvalue weighted by molar-refractivity contribution is 0.0535. The van der Waals surface area contributed by atoms with E-state index in [2.05, 4.69) is 16.0 Å². The van der Waals surface area contributed by atoms with Crippen molar-refractivity contribution in [3.8, 4) is 6.07 Å². The summed E-state index contributed by atoms with van der Waals surface area (Å²) in [5.74, 6) is 1.38. The number of esters is 1. The summed E-state index contributed by atoms with van der Waals surface area (Å²) < 4.78 is 5.12. The quantitative estimate of drug-likeness (QED) is 0.562. The van der Waals surface area contributed by atoms with Gasteiger partial charge >= 0.3 is 5.97 Å². The molecule has 1 aromatic carbocycles. The molecule has 0 saturated carbocycles. The number of carbonyl (C=O) groups excluding carboxylic acids is 1. The van der Waals surface area contributed by atoms with Crippen LogP contribution in [0, 0.1) is 24.2 Å². The van der Waals surface area contributed by atoms with Gasteiger partial charge in [0.2, 0.25) is 0 Å². The van der Waals surface area contributed by atoms with Gasteiger partial charge in [-0.15, -0.1) is 11.8 Å². The topological polar surface area (TPSA) is 86.4 Å². The third-order valence-corrected chi connectivity index (χ3v) is 7.21. The number of hydrogen-bond donors (Lipinski definition) is 1. The average Bonchev–Trinajstić information content (AvgIpc) is 3.15. The molecule has 1 N–H and O–H groups in total. The van der Waals surface area contributed by atoms with Crippen LogP contribution >= 0.6 is 11.8 Å². The number of nitrogens with zero attached hydrogens (tertiary/aromatic N) is 3. The average molecular weight is 424 g/mol. The SMILES string of the molecule is Cc1c([C@H](O)CN2CCC(CSc3ccc(C#N)cn3)CC2)ccc2c1COC2=O. The van der Waals surface area contributed by atoms with Crippen molar-refractivity contribution in [2.24, 2.45) is 5.92 Å². The van der Waals surface area contributed by atoms with E-state index < -0.39 is 6.10 Å². The number of β-amino-alcohol motifs (C(OH)–C–C–N with tert-alkyl or cyclic N) is 1. The van der Waals surface area contributed by atoms with Crippen LogP contribution < -0.4 is 0 Å². The van der Waals surface area contributed by atoms with E-state index in [0.717, 1.165) is 53.4 Å². The Hall–Kier alpha value is -2.40. The van der Waals surface area contributed by atoms with Gasteiger partial charge in [-0.1, -0.05) is 6.07 Å². The monoisotopic (exact) mass is 423 g/mol. The van der Waals surface area contributed by atoms with Gasteiger partial charge in [-0.05, 0) is 68.1 Å². The van der Waals surface area contributed by atoms with E-state index in [4.69, 9.17) is 10.00 Å². The third kappa shape index (κ3) is 4.51. The number of aliphatic hydroxyl groups excluding tert-OH is 1. The normalized spacial score (nSPS) is 18.0. The number of aliphatic hydroxyl groups is 1. The molecular formula is C23H25N3O3S. The Morgan fingerprint density at radius 1 is 1.33 bits per heavy atom. The Morgan fingerprint density at radius 3 is 2.83 bits per heavy atom. The van der Waals surface area contributed by atoms with Crippen LogP contribution in [0.4, 0.5) is 0 Å². The van der Waals surface area contributed by atoms with Crippen LogP contribution in [0.2, 0.25) is 0 Å². The summed E-state index contributed by atoms with van der Waals surface area (Å²) in [5.41, 5.74) is 3.97. The molecule has 3 heterocycles. The van der Waals surface area contributed by atoms with Gasteiger partial charge in [0.05, 0.1) is 22.3 Å². The Bertz CT molecular complexity index is 963. The second-order valence-corrected chi connectivity index (χ2v) is 8.99. The number of thioether (sulfide) groups is 1. The van der Waals surface area contributed by atoms with Gasteiger partial charge < -0.3 is 14.7 Å². The lowest BCUT2D eigenvalue weighted by Crippen LogP contribution is -2.37. The summed E-state index contributed by atoms with van der Waals surface area (Å²) in [4.78, 5) is 18.4. The highest BCUT2D eigenvalue weighted by molar-refractivity contribution is 7.99. The first-order chi connectivity index (χ1) is 14.5. The molecular weight excluding hydrogens is 398 g/mol. The Morgan fingerprint density at radius 2 is 2.13 bits per heavy atom. The molecule has 0 aliphatic carbocycles. The molecule has 2 aliphatic heterocycles. The molecule has 1 aromatic heterocycles. The van der Waals surface area contributed by atoms with E-state index in [1.807, 2.05) is 25.1 Å². The molecule has 0 radical (unpaired) electrons. The van der Waals surface area contributed by atoms with E-state index >= 15 is 0 Å². The first-order valence-corrected chi connectivity index (χ1v) is 11.2. The second kappa shape index (κ2) is 9.17. The minimum atomic E-state index is -0.570. The van der Waals surface area contributed by atoms with E-state index in [1.54, 1.807) is 24.0 Å². The van der Waals surface area contributed by atoms with Crippen molar-refractivity contribution in [3.05, 3.63) is 58.3 Å². The molecule has 1 saturated heterocycles. The summed E-state index contributed by atoms with van der Waals surface area (Å²) in [6.07, 6.45) is 3.25. The molecule has 1 atom stereocenters. The smallest absolute Gasteiger partial charge is 0.338 e. The first-order valence-electron chi connectivity index (χ1n) is 10.2. The fourth-order valence-corrected chi connectivity index (χ4v) is 5.17. The molecule has 0 spiro atoms. The molecule has 0 amide bonds. The number of fused-ring (bicyclic) bond motifs is 1. The summed E-state index contributed by atoms with van der Waals surface area (Å²) in [5, 5.41) is 20.6. The number of rotatable bonds is 6. The van der Waals surface area contributed by atoms with Crippen molar-refractivity contribution in [1.29, 1.82) is 5.26 Å². The number of carbonyl (C=O) groups is 1. The third-order valence-electron chi connectivity index (χ3n) is 6.04. The predicted molar refractivity (Wildman–Crippen MR) is 114 cm³/mol. The van der Waals surface area contributed by atoms with E-state index in [-0.39, 0.29) is 5.97 Å². The van der Waals surface area contributed by atoms with Gasteiger partial charge in [0, 0.05) is 24.1 Å². The van der Waals surface area contributed by atoms with Crippen LogP contribution in [0.5, 0.6) is 0 Å². The maximum absolute atomic E-state index is 11.7. The molecule has 30 heavy (non-hydrogen) atoms. The Kier molecular flexibility index (Phi) is 6.38. The van der Waals surface area contributed by atoms with Gasteiger partial charge in [-0.2, -0.15) is 5.26 Å². The minimum absolute atomic E-state index is 0.273. The van der Waals surface area contributed by atoms with Crippen molar-refractivity contribution >= 4 is 17.7 Å². The molecule has 2 aromatic rings. The largest absolute Gasteiger partial charge is 0.457 e. The molecule has 2 aliphatic rings. The van der Waals surface area contributed by atoms with Gasteiger partial charge in [-0.25, -0.2) is 9.78 Å². The zero-order chi connectivity index (χ0) is 21.1. The molecule has 156 valence electrons. The van der Waals surface area contributed by atoms with Crippen molar-refractivity contribution in [2.45, 2.75) is 37.5 Å². The summed E-state index contributed by atoms with van der Waals surface area (Å²) >= 11 is 1.74. The van der Waals surface area contributed by atoms with Crippen LogP contribution in [-0.2, 0) is 11.3 Å². The van der Waals surface area contributed by atoms with Gasteiger partial charge in [0.25, 0.3) is 0 Å². The number of benzene rings is 1. The number of nitriles is 1. The molecule has 1 fully saturated rings. The molecule has 0 bridgehead atoms. The number of piperidine rings is 1. The summed E-state index contributed by atoms with van der Waals surface area (Å²) in [6, 6.07) is 9.44. The van der Waals surface area contributed by atoms with Crippen molar-refractivity contribution in [3.63, 3.8) is 0 Å². The predicted octanol–water partition coefficient (Wildman–Crippen LogP) is 3.47.